The van der Waals surface area contributed by atoms with Gasteiger partial charge in [0.15, 0.2) is 5.78 Å². The second kappa shape index (κ2) is 5.07. The molecule has 3 nitrogen and oxygen atoms in total. The van der Waals surface area contributed by atoms with E-state index >= 15 is 0 Å². The van der Waals surface area contributed by atoms with Gasteiger partial charge in [0.1, 0.15) is 5.75 Å². The number of carbonyl (C=O) groups is 1. The summed E-state index contributed by atoms with van der Waals surface area (Å²) in [6, 6.07) is 3.59. The lowest BCUT2D eigenvalue weighted by molar-refractivity contribution is -0.119. The van der Waals surface area contributed by atoms with Crippen LogP contribution < -0.4 is 10.1 Å². The fourth-order valence-electron chi connectivity index (χ4n) is 1.98. The molecule has 1 N–H and O–H groups in total. The van der Waals surface area contributed by atoms with Crippen molar-refractivity contribution in [1.82, 2.24) is 5.32 Å². The number of carbonyl (C=O) groups excluding carboxylic acids is 1. The Labute approximate surface area is 106 Å². The van der Waals surface area contributed by atoms with Crippen molar-refractivity contribution in [3.05, 3.63) is 28.3 Å². The number of hydrogen-bond donors (Lipinski definition) is 1. The molecule has 0 saturated carbocycles. The van der Waals surface area contributed by atoms with Crippen molar-refractivity contribution >= 4 is 17.4 Å². The van der Waals surface area contributed by atoms with Crippen LogP contribution in [0.5, 0.6) is 5.75 Å². The number of halogens is 1. The molecule has 92 valence electrons. The highest BCUT2D eigenvalue weighted by Crippen LogP contribution is 2.33. The van der Waals surface area contributed by atoms with Crippen molar-refractivity contribution in [3.63, 3.8) is 0 Å². The summed E-state index contributed by atoms with van der Waals surface area (Å²) in [5.74, 6) is 0.999. The van der Waals surface area contributed by atoms with Crippen molar-refractivity contribution in [2.45, 2.75) is 25.8 Å². The van der Waals surface area contributed by atoms with Crippen LogP contribution in [0.4, 0.5) is 0 Å². The zero-order valence-corrected chi connectivity index (χ0v) is 10.8. The molecule has 0 bridgehead atoms. The molecule has 1 aliphatic rings. The van der Waals surface area contributed by atoms with E-state index in [-0.39, 0.29) is 11.8 Å². The van der Waals surface area contributed by atoms with E-state index in [1.54, 1.807) is 7.05 Å². The highest BCUT2D eigenvalue weighted by Gasteiger charge is 2.20. The highest BCUT2D eigenvalue weighted by atomic mass is 35.5. The zero-order valence-electron chi connectivity index (χ0n) is 10.0. The quantitative estimate of drug-likeness (QED) is 0.892. The number of likely N-dealkylation sites (N-methyl/N-ethyl adjacent to an activating group) is 1. The fourth-order valence-corrected chi connectivity index (χ4v) is 2.24. The van der Waals surface area contributed by atoms with E-state index in [0.717, 1.165) is 23.3 Å². The van der Waals surface area contributed by atoms with Crippen LogP contribution in [-0.4, -0.2) is 25.5 Å². The second-order valence-electron chi connectivity index (χ2n) is 4.31. The molecule has 0 saturated heterocycles. The molecule has 1 atom stereocenters. The van der Waals surface area contributed by atoms with Gasteiger partial charge in [0.2, 0.25) is 0 Å². The molecule has 1 aliphatic heterocycles. The van der Waals surface area contributed by atoms with Gasteiger partial charge in [-0.25, -0.2) is 0 Å². The molecule has 1 heterocycles. The van der Waals surface area contributed by atoms with Crippen LogP contribution >= 0.6 is 11.6 Å². The lowest BCUT2D eigenvalue weighted by atomic mass is 10.0. The van der Waals surface area contributed by atoms with E-state index in [2.05, 4.69) is 5.32 Å². The van der Waals surface area contributed by atoms with Gasteiger partial charge >= 0.3 is 0 Å². The highest BCUT2D eigenvalue weighted by molar-refractivity contribution is 6.30. The number of hydrogen-bond acceptors (Lipinski definition) is 3. The van der Waals surface area contributed by atoms with Gasteiger partial charge in [-0.3, -0.25) is 4.79 Å². The normalized spacial score (nSPS) is 15.2. The third-order valence-corrected chi connectivity index (χ3v) is 3.32. The minimum Gasteiger partial charge on any atom is -0.493 e. The first-order chi connectivity index (χ1) is 8.11. The van der Waals surface area contributed by atoms with E-state index in [1.807, 2.05) is 19.1 Å². The Morgan fingerprint density at radius 3 is 3.06 bits per heavy atom. The first kappa shape index (κ1) is 12.4. The molecule has 1 aromatic carbocycles. The third kappa shape index (κ3) is 2.61. The van der Waals surface area contributed by atoms with Crippen LogP contribution in [0.1, 0.15) is 18.1 Å². The number of Topliss-reactive ketones (excluding diaryl/α,β-unsaturated/α-hetero) is 1. The van der Waals surface area contributed by atoms with Crippen LogP contribution in [0.3, 0.4) is 0 Å². The van der Waals surface area contributed by atoms with Gasteiger partial charge in [0.25, 0.3) is 0 Å². The zero-order chi connectivity index (χ0) is 12.4. The van der Waals surface area contributed by atoms with Gasteiger partial charge in [-0.15, -0.1) is 0 Å². The molecular formula is C13H16ClNO2. The Hall–Kier alpha value is -1.06. The summed E-state index contributed by atoms with van der Waals surface area (Å²) < 4.78 is 5.57. The summed E-state index contributed by atoms with van der Waals surface area (Å²) in [6.07, 6.45) is 1.24. The Morgan fingerprint density at radius 1 is 1.59 bits per heavy atom. The van der Waals surface area contributed by atoms with Crippen molar-refractivity contribution in [2.24, 2.45) is 0 Å². The number of ketones is 1. The lowest BCUT2D eigenvalue weighted by Gasteiger charge is -2.12. The molecular weight excluding hydrogens is 238 g/mol. The van der Waals surface area contributed by atoms with Crippen LogP contribution in [-0.2, 0) is 17.6 Å². The van der Waals surface area contributed by atoms with Crippen LogP contribution in [0.25, 0.3) is 0 Å². The van der Waals surface area contributed by atoms with Crippen LogP contribution in [0, 0.1) is 0 Å². The minimum absolute atomic E-state index is 0.146. The molecule has 0 spiro atoms. The number of nitrogens with one attached hydrogen (secondary N) is 1. The maximum absolute atomic E-state index is 11.9. The summed E-state index contributed by atoms with van der Waals surface area (Å²) in [4.78, 5) is 11.9. The van der Waals surface area contributed by atoms with Crippen molar-refractivity contribution in [3.8, 4) is 5.75 Å². The largest absolute Gasteiger partial charge is 0.493 e. The first-order valence-corrected chi connectivity index (χ1v) is 6.13. The molecule has 2 rings (SSSR count). The molecule has 0 radical (unpaired) electrons. The summed E-state index contributed by atoms with van der Waals surface area (Å²) in [7, 11) is 1.78. The van der Waals surface area contributed by atoms with Gasteiger partial charge < -0.3 is 10.1 Å². The monoisotopic (exact) mass is 253 g/mol. The molecule has 0 amide bonds. The van der Waals surface area contributed by atoms with E-state index in [0.29, 0.717) is 18.1 Å². The van der Waals surface area contributed by atoms with E-state index in [9.17, 15) is 4.79 Å². The maximum Gasteiger partial charge on any atom is 0.153 e. The predicted octanol–water partition coefficient (Wildman–Crippen LogP) is 1.99. The topological polar surface area (TPSA) is 38.3 Å². The van der Waals surface area contributed by atoms with Gasteiger partial charge in [-0.2, -0.15) is 0 Å². The minimum atomic E-state index is -0.147. The van der Waals surface area contributed by atoms with Crippen LogP contribution in [0.2, 0.25) is 5.02 Å². The van der Waals surface area contributed by atoms with Gasteiger partial charge in [0.05, 0.1) is 12.6 Å². The SMILES string of the molecule is CNC(C)C(=O)Cc1cc(Cl)cc2c1OCC2. The van der Waals surface area contributed by atoms with Crippen LogP contribution in [0.15, 0.2) is 12.1 Å². The summed E-state index contributed by atoms with van der Waals surface area (Å²) >= 11 is 6.04. The number of rotatable bonds is 4. The van der Waals surface area contributed by atoms with Crippen molar-refractivity contribution in [2.75, 3.05) is 13.7 Å². The van der Waals surface area contributed by atoms with Gasteiger partial charge in [-0.05, 0) is 31.7 Å². The Kier molecular flexibility index (Phi) is 3.69. The molecule has 0 aliphatic carbocycles. The van der Waals surface area contributed by atoms with E-state index in [4.69, 9.17) is 16.3 Å². The molecule has 1 unspecified atom stereocenters. The number of ether oxygens (including phenoxy) is 1. The Bertz CT molecular complexity index is 445. The fraction of sp³-hybridized carbons (Fsp3) is 0.462. The van der Waals surface area contributed by atoms with E-state index in [1.165, 1.54) is 0 Å². The summed E-state index contributed by atoms with van der Waals surface area (Å²) in [6.45, 7) is 2.53. The van der Waals surface area contributed by atoms with Crippen molar-refractivity contribution < 1.29 is 9.53 Å². The third-order valence-electron chi connectivity index (χ3n) is 3.11. The van der Waals surface area contributed by atoms with Crippen molar-refractivity contribution in [1.29, 1.82) is 0 Å². The average molecular weight is 254 g/mol. The second-order valence-corrected chi connectivity index (χ2v) is 4.74. The Balaban J connectivity index is 2.24. The van der Waals surface area contributed by atoms with Gasteiger partial charge in [0, 0.05) is 23.4 Å². The smallest absolute Gasteiger partial charge is 0.153 e. The average Bonchev–Trinajstić information content (AvgIpc) is 2.75. The molecule has 1 aromatic rings. The standard InChI is InChI=1S/C13H16ClNO2/c1-8(15-2)12(16)7-10-6-11(14)5-9-3-4-17-13(9)10/h5-6,8,15H,3-4,7H2,1-2H3. The first-order valence-electron chi connectivity index (χ1n) is 5.76. The summed E-state index contributed by atoms with van der Waals surface area (Å²) in [5, 5.41) is 3.62. The number of fused-ring (bicyclic) bond motifs is 1. The molecule has 0 fully saturated rings. The predicted molar refractivity (Wildman–Crippen MR) is 67.9 cm³/mol. The Morgan fingerprint density at radius 2 is 2.35 bits per heavy atom. The molecule has 17 heavy (non-hydrogen) atoms. The lowest BCUT2D eigenvalue weighted by Crippen LogP contribution is -2.31. The molecule has 4 heteroatoms. The van der Waals surface area contributed by atoms with Gasteiger partial charge in [-0.1, -0.05) is 11.6 Å². The number of benzene rings is 1. The van der Waals surface area contributed by atoms with E-state index < -0.39 is 0 Å². The maximum atomic E-state index is 11.9. The molecule has 0 aromatic heterocycles. The summed E-state index contributed by atoms with van der Waals surface area (Å²) in [5.41, 5.74) is 2.01.